The number of carbonyl (C=O) groups is 1. The standard InChI is InChI=1S/C19H22N4O2/c1-22(12-13-24)19(25)21-17(14-8-4-3-5-9-14)18-20-15-10-6-7-11-16(15)23(18)2/h3-11,17,24H,12-13H2,1-2H3,(H,21,25). The van der Waals surface area contributed by atoms with Crippen molar-refractivity contribution >= 4 is 17.1 Å². The molecule has 3 rings (SSSR count). The molecule has 1 heterocycles. The van der Waals surface area contributed by atoms with Gasteiger partial charge in [-0.1, -0.05) is 42.5 Å². The van der Waals surface area contributed by atoms with Gasteiger partial charge in [-0.15, -0.1) is 0 Å². The van der Waals surface area contributed by atoms with E-state index in [2.05, 4.69) is 5.32 Å². The number of carbonyl (C=O) groups excluding carboxylic acids is 1. The average molecular weight is 338 g/mol. The van der Waals surface area contributed by atoms with Crippen molar-refractivity contribution in [1.82, 2.24) is 19.8 Å². The summed E-state index contributed by atoms with van der Waals surface area (Å²) in [5.41, 5.74) is 2.85. The van der Waals surface area contributed by atoms with Crippen LogP contribution in [0.15, 0.2) is 54.6 Å². The second kappa shape index (κ2) is 7.36. The Balaban J connectivity index is 2.01. The molecule has 6 heteroatoms. The minimum Gasteiger partial charge on any atom is -0.395 e. The molecule has 130 valence electrons. The highest BCUT2D eigenvalue weighted by molar-refractivity contribution is 5.77. The number of nitrogens with one attached hydrogen (secondary N) is 1. The smallest absolute Gasteiger partial charge is 0.318 e. The van der Waals surface area contributed by atoms with E-state index < -0.39 is 0 Å². The van der Waals surface area contributed by atoms with Gasteiger partial charge in [-0.25, -0.2) is 9.78 Å². The number of benzene rings is 2. The van der Waals surface area contributed by atoms with E-state index in [1.54, 1.807) is 7.05 Å². The fraction of sp³-hybridized carbons (Fsp3) is 0.263. The van der Waals surface area contributed by atoms with Crippen molar-refractivity contribution in [3.8, 4) is 0 Å². The van der Waals surface area contributed by atoms with Gasteiger partial charge in [0.1, 0.15) is 11.9 Å². The van der Waals surface area contributed by atoms with Crippen LogP contribution in [-0.2, 0) is 7.05 Å². The first-order chi connectivity index (χ1) is 12.1. The van der Waals surface area contributed by atoms with Crippen molar-refractivity contribution in [2.45, 2.75) is 6.04 Å². The topological polar surface area (TPSA) is 70.4 Å². The van der Waals surface area contributed by atoms with Crippen LogP contribution in [0.25, 0.3) is 11.0 Å². The number of aliphatic hydroxyl groups excluding tert-OH is 1. The molecule has 25 heavy (non-hydrogen) atoms. The van der Waals surface area contributed by atoms with E-state index >= 15 is 0 Å². The number of rotatable bonds is 5. The predicted octanol–water partition coefficient (Wildman–Crippen LogP) is 2.30. The van der Waals surface area contributed by atoms with Crippen LogP contribution >= 0.6 is 0 Å². The SMILES string of the molecule is CN(CCO)C(=O)NC(c1ccccc1)c1nc2ccccc2n1C. The van der Waals surface area contributed by atoms with Crippen molar-refractivity contribution < 1.29 is 9.90 Å². The number of likely N-dealkylation sites (N-methyl/N-ethyl adjacent to an activating group) is 1. The molecular weight excluding hydrogens is 316 g/mol. The van der Waals surface area contributed by atoms with Crippen LogP contribution in [0.3, 0.4) is 0 Å². The van der Waals surface area contributed by atoms with E-state index in [1.807, 2.05) is 66.2 Å². The summed E-state index contributed by atoms with van der Waals surface area (Å²) in [5.74, 6) is 0.762. The molecule has 1 aromatic heterocycles. The molecule has 0 spiro atoms. The Labute approximate surface area is 146 Å². The van der Waals surface area contributed by atoms with Gasteiger partial charge in [0.05, 0.1) is 17.6 Å². The normalized spacial score (nSPS) is 12.1. The number of aliphatic hydroxyl groups is 1. The van der Waals surface area contributed by atoms with Crippen molar-refractivity contribution in [2.75, 3.05) is 20.2 Å². The minimum atomic E-state index is -0.382. The molecule has 0 fully saturated rings. The van der Waals surface area contributed by atoms with Gasteiger partial charge < -0.3 is 19.9 Å². The van der Waals surface area contributed by atoms with Crippen molar-refractivity contribution in [3.05, 3.63) is 66.0 Å². The fourth-order valence-electron chi connectivity index (χ4n) is 2.85. The number of nitrogens with zero attached hydrogens (tertiary/aromatic N) is 3. The second-order valence-corrected chi connectivity index (χ2v) is 5.96. The summed E-state index contributed by atoms with van der Waals surface area (Å²) < 4.78 is 2.00. The summed E-state index contributed by atoms with van der Waals surface area (Å²) in [6.45, 7) is 0.197. The number of imidazole rings is 1. The summed E-state index contributed by atoms with van der Waals surface area (Å²) >= 11 is 0. The lowest BCUT2D eigenvalue weighted by Crippen LogP contribution is -2.41. The van der Waals surface area contributed by atoms with E-state index in [-0.39, 0.29) is 25.2 Å². The summed E-state index contributed by atoms with van der Waals surface area (Å²) in [5, 5.41) is 12.1. The van der Waals surface area contributed by atoms with E-state index in [9.17, 15) is 4.79 Å². The minimum absolute atomic E-state index is 0.0772. The molecule has 0 bridgehead atoms. The molecule has 3 aromatic rings. The number of aryl methyl sites for hydroxylation is 1. The number of hydrogen-bond donors (Lipinski definition) is 2. The predicted molar refractivity (Wildman–Crippen MR) is 97.2 cm³/mol. The summed E-state index contributed by atoms with van der Waals surface area (Å²) in [7, 11) is 3.60. The maximum Gasteiger partial charge on any atom is 0.318 e. The van der Waals surface area contributed by atoms with E-state index in [1.165, 1.54) is 4.90 Å². The quantitative estimate of drug-likeness (QED) is 0.750. The zero-order valence-electron chi connectivity index (χ0n) is 14.4. The van der Waals surface area contributed by atoms with Crippen LogP contribution in [-0.4, -0.2) is 45.8 Å². The van der Waals surface area contributed by atoms with Crippen molar-refractivity contribution in [1.29, 1.82) is 0 Å². The number of hydrogen-bond acceptors (Lipinski definition) is 3. The zero-order valence-corrected chi connectivity index (χ0v) is 14.4. The van der Waals surface area contributed by atoms with Gasteiger partial charge in [-0.3, -0.25) is 0 Å². The Morgan fingerprint density at radius 3 is 2.56 bits per heavy atom. The third kappa shape index (κ3) is 3.49. The largest absolute Gasteiger partial charge is 0.395 e. The number of amides is 2. The maximum atomic E-state index is 12.5. The molecule has 0 saturated carbocycles. The first-order valence-corrected chi connectivity index (χ1v) is 8.20. The van der Waals surface area contributed by atoms with Crippen LogP contribution in [0.5, 0.6) is 0 Å². The summed E-state index contributed by atoms with van der Waals surface area (Å²) in [4.78, 5) is 18.7. The van der Waals surface area contributed by atoms with Crippen LogP contribution in [0.1, 0.15) is 17.4 Å². The molecule has 2 amide bonds. The molecule has 2 aromatic carbocycles. The van der Waals surface area contributed by atoms with Gasteiger partial charge in [0.2, 0.25) is 0 Å². The lowest BCUT2D eigenvalue weighted by Gasteiger charge is -2.23. The summed E-state index contributed by atoms with van der Waals surface area (Å²) in [6.07, 6.45) is 0. The monoisotopic (exact) mass is 338 g/mol. The molecule has 1 unspecified atom stereocenters. The Kier molecular flexibility index (Phi) is 5.00. The average Bonchev–Trinajstić information content (AvgIpc) is 2.97. The van der Waals surface area contributed by atoms with E-state index in [0.717, 1.165) is 22.4 Å². The summed E-state index contributed by atoms with van der Waals surface area (Å²) in [6, 6.07) is 17.0. The van der Waals surface area contributed by atoms with Gasteiger partial charge >= 0.3 is 6.03 Å². The molecule has 2 N–H and O–H groups in total. The molecule has 0 saturated heterocycles. The highest BCUT2D eigenvalue weighted by Gasteiger charge is 2.23. The number of aromatic nitrogens is 2. The zero-order chi connectivity index (χ0) is 17.8. The molecule has 6 nitrogen and oxygen atoms in total. The van der Waals surface area contributed by atoms with Gasteiger partial charge in [0.15, 0.2) is 0 Å². The molecule has 0 aliphatic heterocycles. The number of para-hydroxylation sites is 2. The Bertz CT molecular complexity index is 860. The van der Waals surface area contributed by atoms with Gasteiger partial charge in [-0.2, -0.15) is 0 Å². The van der Waals surface area contributed by atoms with Crippen molar-refractivity contribution in [2.24, 2.45) is 7.05 Å². The molecule has 0 aliphatic carbocycles. The third-order valence-corrected chi connectivity index (χ3v) is 4.26. The highest BCUT2D eigenvalue weighted by atomic mass is 16.3. The van der Waals surface area contributed by atoms with Crippen LogP contribution in [0, 0.1) is 0 Å². The lowest BCUT2D eigenvalue weighted by atomic mass is 10.1. The second-order valence-electron chi connectivity index (χ2n) is 5.96. The maximum absolute atomic E-state index is 12.5. The van der Waals surface area contributed by atoms with Crippen LogP contribution in [0.4, 0.5) is 4.79 Å². The molecule has 1 atom stereocenters. The Morgan fingerprint density at radius 1 is 1.20 bits per heavy atom. The Hall–Kier alpha value is -2.86. The lowest BCUT2D eigenvalue weighted by molar-refractivity contribution is 0.188. The fourth-order valence-corrected chi connectivity index (χ4v) is 2.85. The molecular formula is C19H22N4O2. The number of urea groups is 1. The van der Waals surface area contributed by atoms with Crippen LogP contribution < -0.4 is 5.32 Å². The van der Waals surface area contributed by atoms with Crippen LogP contribution in [0.2, 0.25) is 0 Å². The van der Waals surface area contributed by atoms with Gasteiger partial charge in [0, 0.05) is 20.6 Å². The number of fused-ring (bicyclic) bond motifs is 1. The van der Waals surface area contributed by atoms with Gasteiger partial charge in [0.25, 0.3) is 0 Å². The third-order valence-electron chi connectivity index (χ3n) is 4.26. The highest BCUT2D eigenvalue weighted by Crippen LogP contribution is 2.25. The van der Waals surface area contributed by atoms with E-state index in [4.69, 9.17) is 10.1 Å². The molecule has 0 aliphatic rings. The Morgan fingerprint density at radius 2 is 1.88 bits per heavy atom. The first kappa shape index (κ1) is 17.0. The van der Waals surface area contributed by atoms with Crippen molar-refractivity contribution in [3.63, 3.8) is 0 Å². The van der Waals surface area contributed by atoms with Gasteiger partial charge in [-0.05, 0) is 17.7 Å². The first-order valence-electron chi connectivity index (χ1n) is 8.20. The van der Waals surface area contributed by atoms with E-state index in [0.29, 0.717) is 0 Å². The molecule has 0 radical (unpaired) electrons.